The number of carbonyl (C=O) groups is 1. The minimum atomic E-state index is -0.220. The molecule has 3 aromatic carbocycles. The minimum absolute atomic E-state index is 0.0000979. The van der Waals surface area contributed by atoms with E-state index in [9.17, 15) is 4.79 Å². The molecule has 2 amide bonds. The van der Waals surface area contributed by atoms with E-state index in [1.165, 1.54) is 5.56 Å². The molecule has 4 aromatic rings. The zero-order valence-corrected chi connectivity index (χ0v) is 19.2. The Morgan fingerprint density at radius 3 is 2.56 bits per heavy atom. The van der Waals surface area contributed by atoms with Crippen molar-refractivity contribution in [3.05, 3.63) is 84.4 Å². The van der Waals surface area contributed by atoms with Crippen LogP contribution in [0.25, 0.3) is 22.2 Å². The maximum absolute atomic E-state index is 13.1. The molecule has 1 aromatic heterocycles. The van der Waals surface area contributed by atoms with Gasteiger partial charge in [0.15, 0.2) is 0 Å². The Morgan fingerprint density at radius 1 is 1.03 bits per heavy atom. The Hall–Kier alpha value is -3.68. The van der Waals surface area contributed by atoms with E-state index in [1.54, 1.807) is 7.11 Å². The molecule has 1 fully saturated rings. The highest BCUT2D eigenvalue weighted by atomic mass is 16.5. The highest BCUT2D eigenvalue weighted by molar-refractivity contribution is 6.04. The number of ether oxygens (including phenoxy) is 1. The van der Waals surface area contributed by atoms with Gasteiger partial charge in [-0.1, -0.05) is 72.8 Å². The molecule has 1 aliphatic rings. The summed E-state index contributed by atoms with van der Waals surface area (Å²) in [5.74, 6) is 0.219. The molecule has 34 heavy (non-hydrogen) atoms. The number of para-hydroxylation sites is 1. The largest absolute Gasteiger partial charge is 0.383 e. The topological polar surface area (TPSA) is 82.3 Å². The van der Waals surface area contributed by atoms with Crippen molar-refractivity contribution in [3.63, 3.8) is 0 Å². The predicted molar refractivity (Wildman–Crippen MR) is 135 cm³/mol. The number of nitrogens with one attached hydrogen (secondary N) is 3. The summed E-state index contributed by atoms with van der Waals surface area (Å²) < 4.78 is 5.26. The van der Waals surface area contributed by atoms with Gasteiger partial charge in [-0.3, -0.25) is 10.00 Å². The summed E-state index contributed by atoms with van der Waals surface area (Å²) in [4.78, 5) is 15.4. The lowest BCUT2D eigenvalue weighted by molar-refractivity contribution is 0.159. The third kappa shape index (κ3) is 4.66. The number of urea groups is 1. The molecular weight excluding hydrogens is 426 g/mol. The van der Waals surface area contributed by atoms with Crippen molar-refractivity contribution in [2.24, 2.45) is 0 Å². The number of aromatic nitrogens is 2. The first-order chi connectivity index (χ1) is 16.7. The molecule has 0 spiro atoms. The van der Waals surface area contributed by atoms with E-state index in [1.807, 2.05) is 66.7 Å². The van der Waals surface area contributed by atoms with Crippen LogP contribution in [0.2, 0.25) is 0 Å². The van der Waals surface area contributed by atoms with Gasteiger partial charge in [-0.15, -0.1) is 0 Å². The number of hydrogen-bond donors (Lipinski definition) is 3. The van der Waals surface area contributed by atoms with E-state index in [-0.39, 0.29) is 18.0 Å². The lowest BCUT2D eigenvalue weighted by Gasteiger charge is -2.20. The van der Waals surface area contributed by atoms with Gasteiger partial charge in [-0.25, -0.2) is 4.79 Å². The number of nitrogens with zero attached hydrogens (tertiary/aromatic N) is 2. The van der Waals surface area contributed by atoms with Crippen molar-refractivity contribution >= 4 is 22.6 Å². The maximum atomic E-state index is 13.1. The van der Waals surface area contributed by atoms with Crippen LogP contribution in [0, 0.1) is 0 Å². The van der Waals surface area contributed by atoms with Gasteiger partial charge in [0.1, 0.15) is 0 Å². The fourth-order valence-electron chi connectivity index (χ4n) is 4.76. The fraction of sp³-hybridized carbons (Fsp3) is 0.259. The van der Waals surface area contributed by atoms with Crippen molar-refractivity contribution in [3.8, 4) is 11.3 Å². The molecular formula is C27H29N5O2. The molecule has 174 valence electrons. The number of aromatic amines is 1. The first-order valence-corrected chi connectivity index (χ1v) is 11.6. The van der Waals surface area contributed by atoms with E-state index < -0.39 is 0 Å². The normalized spacial score (nSPS) is 18.3. The van der Waals surface area contributed by atoms with Crippen LogP contribution in [-0.2, 0) is 4.74 Å². The van der Waals surface area contributed by atoms with Crippen molar-refractivity contribution in [1.82, 2.24) is 20.4 Å². The lowest BCUT2D eigenvalue weighted by Crippen LogP contribution is -2.42. The van der Waals surface area contributed by atoms with Gasteiger partial charge < -0.3 is 15.4 Å². The van der Waals surface area contributed by atoms with Gasteiger partial charge in [0.2, 0.25) is 0 Å². The zero-order chi connectivity index (χ0) is 23.3. The van der Waals surface area contributed by atoms with Crippen LogP contribution in [0.4, 0.5) is 10.5 Å². The van der Waals surface area contributed by atoms with Gasteiger partial charge in [-0.2, -0.15) is 5.10 Å². The summed E-state index contributed by atoms with van der Waals surface area (Å²) in [6.45, 7) is 3.18. The molecule has 7 heteroatoms. The summed E-state index contributed by atoms with van der Waals surface area (Å²) in [6, 6.07) is 26.0. The molecule has 3 N–H and O–H groups in total. The fourth-order valence-corrected chi connectivity index (χ4v) is 4.76. The summed E-state index contributed by atoms with van der Waals surface area (Å²) in [5.41, 5.74) is 4.65. The van der Waals surface area contributed by atoms with Crippen molar-refractivity contribution < 1.29 is 9.53 Å². The Balaban J connectivity index is 1.33. The molecule has 1 aliphatic heterocycles. The van der Waals surface area contributed by atoms with Gasteiger partial charge in [-0.05, 0) is 11.6 Å². The number of rotatable bonds is 7. The Morgan fingerprint density at radius 2 is 1.79 bits per heavy atom. The second kappa shape index (κ2) is 10.1. The highest BCUT2D eigenvalue weighted by Crippen LogP contribution is 2.31. The minimum Gasteiger partial charge on any atom is -0.383 e. The van der Waals surface area contributed by atoms with Gasteiger partial charge in [0.25, 0.3) is 0 Å². The number of H-pyrrole nitrogens is 1. The zero-order valence-electron chi connectivity index (χ0n) is 19.2. The number of likely N-dealkylation sites (tertiary alicyclic amines) is 1. The number of carbonyl (C=O) groups excluding carboxylic acids is 1. The standard InChI is InChI=1S/C27H29N5O2/c1-34-16-15-32-17-22(19-9-4-2-5-10-19)24(18-32)29-27(33)28-23-14-8-13-21-25(30-31-26(21)23)20-11-6-3-7-12-20/h2-14,22,24H,15-18H2,1H3,(H,30,31)(H2,28,29,33)/t22?,24-/m1/s1. The van der Waals surface area contributed by atoms with E-state index >= 15 is 0 Å². The first kappa shape index (κ1) is 22.1. The second-order valence-electron chi connectivity index (χ2n) is 8.64. The molecule has 0 saturated carbocycles. The summed E-state index contributed by atoms with van der Waals surface area (Å²) in [7, 11) is 1.72. The predicted octanol–water partition coefficient (Wildman–Crippen LogP) is 4.47. The molecule has 2 atom stereocenters. The van der Waals surface area contributed by atoms with E-state index in [2.05, 4.69) is 37.9 Å². The summed E-state index contributed by atoms with van der Waals surface area (Å²) >= 11 is 0. The summed E-state index contributed by atoms with van der Waals surface area (Å²) in [6.07, 6.45) is 0. The second-order valence-corrected chi connectivity index (χ2v) is 8.64. The molecule has 2 heterocycles. The lowest BCUT2D eigenvalue weighted by atomic mass is 9.94. The number of benzene rings is 3. The van der Waals surface area contributed by atoms with Crippen LogP contribution < -0.4 is 10.6 Å². The van der Waals surface area contributed by atoms with Crippen molar-refractivity contribution in [1.29, 1.82) is 0 Å². The smallest absolute Gasteiger partial charge is 0.319 e. The average Bonchev–Trinajstić information content (AvgIpc) is 3.49. The monoisotopic (exact) mass is 455 g/mol. The van der Waals surface area contributed by atoms with Crippen LogP contribution in [0.15, 0.2) is 78.9 Å². The van der Waals surface area contributed by atoms with Gasteiger partial charge >= 0.3 is 6.03 Å². The van der Waals surface area contributed by atoms with Gasteiger partial charge in [0, 0.05) is 43.6 Å². The van der Waals surface area contributed by atoms with Crippen LogP contribution >= 0.6 is 0 Å². The molecule has 7 nitrogen and oxygen atoms in total. The van der Waals surface area contributed by atoms with E-state index in [0.29, 0.717) is 12.3 Å². The van der Waals surface area contributed by atoms with Crippen molar-refractivity contribution in [2.45, 2.75) is 12.0 Å². The first-order valence-electron chi connectivity index (χ1n) is 11.6. The third-order valence-corrected chi connectivity index (χ3v) is 6.45. The molecule has 0 aliphatic carbocycles. The molecule has 0 radical (unpaired) electrons. The quantitative estimate of drug-likeness (QED) is 0.384. The van der Waals surface area contributed by atoms with Crippen LogP contribution in [0.5, 0.6) is 0 Å². The third-order valence-electron chi connectivity index (χ3n) is 6.45. The molecule has 0 bridgehead atoms. The number of amides is 2. The number of hydrogen-bond acceptors (Lipinski definition) is 4. The molecule has 1 unspecified atom stereocenters. The molecule has 1 saturated heterocycles. The number of anilines is 1. The number of fused-ring (bicyclic) bond motifs is 1. The van der Waals surface area contributed by atoms with E-state index in [4.69, 9.17) is 4.74 Å². The highest BCUT2D eigenvalue weighted by Gasteiger charge is 2.34. The average molecular weight is 456 g/mol. The van der Waals surface area contributed by atoms with Crippen LogP contribution in [0.3, 0.4) is 0 Å². The Labute approximate surface area is 199 Å². The van der Waals surface area contributed by atoms with Crippen LogP contribution in [-0.4, -0.2) is 60.5 Å². The Bertz CT molecular complexity index is 1240. The maximum Gasteiger partial charge on any atom is 0.319 e. The van der Waals surface area contributed by atoms with Crippen molar-refractivity contribution in [2.75, 3.05) is 38.7 Å². The van der Waals surface area contributed by atoms with E-state index in [0.717, 1.165) is 41.8 Å². The summed E-state index contributed by atoms with van der Waals surface area (Å²) in [5, 5.41) is 14.8. The Kier molecular flexibility index (Phi) is 6.56. The molecule has 5 rings (SSSR count). The number of methoxy groups -OCH3 is 1. The van der Waals surface area contributed by atoms with Crippen LogP contribution in [0.1, 0.15) is 11.5 Å². The van der Waals surface area contributed by atoms with Gasteiger partial charge in [0.05, 0.1) is 29.5 Å². The SMILES string of the molecule is COCCN1CC(c2ccccc2)[C@H](NC(=O)Nc2cccc3c(-c4ccccc4)n[nH]c23)C1.